The Hall–Kier alpha value is -1.09. The summed E-state index contributed by atoms with van der Waals surface area (Å²) < 4.78 is 5.70. The van der Waals surface area contributed by atoms with E-state index in [1.54, 1.807) is 13.0 Å². The number of aryl methyl sites for hydroxylation is 1. The van der Waals surface area contributed by atoms with Crippen molar-refractivity contribution in [3.8, 4) is 6.07 Å². The highest BCUT2D eigenvalue weighted by Gasteiger charge is 2.17. The fourth-order valence-corrected chi connectivity index (χ4v) is 2.28. The molecular weight excluding hydrogens is 317 g/mol. The molecule has 16 heavy (non-hydrogen) atoms. The van der Waals surface area contributed by atoms with Crippen LogP contribution in [0.25, 0.3) is 0 Å². The van der Waals surface area contributed by atoms with E-state index in [0.29, 0.717) is 17.7 Å². The number of carbonyl (C=O) groups excluding carboxylic acids is 1. The second-order valence-electron chi connectivity index (χ2n) is 3.19. The molecule has 0 saturated heterocycles. The van der Waals surface area contributed by atoms with Gasteiger partial charge in [0.2, 0.25) is 0 Å². The Balaban J connectivity index is 3.28. The van der Waals surface area contributed by atoms with Crippen LogP contribution in [-0.2, 0) is 11.2 Å². The zero-order valence-corrected chi connectivity index (χ0v) is 11.4. The number of rotatable bonds is 3. The first-order valence-electron chi connectivity index (χ1n) is 5.03. The minimum absolute atomic E-state index is 0.315. The molecule has 1 rings (SSSR count). The molecular formula is C12H12INO2. The van der Waals surface area contributed by atoms with Crippen LogP contribution in [0.4, 0.5) is 0 Å². The minimum atomic E-state index is -0.425. The largest absolute Gasteiger partial charge is 0.462 e. The second-order valence-corrected chi connectivity index (χ2v) is 4.35. The van der Waals surface area contributed by atoms with Gasteiger partial charge in [-0.25, -0.2) is 4.79 Å². The first kappa shape index (κ1) is 13.0. The molecule has 1 aromatic carbocycles. The van der Waals surface area contributed by atoms with E-state index in [-0.39, 0.29) is 0 Å². The van der Waals surface area contributed by atoms with Gasteiger partial charge in [-0.05, 0) is 53.6 Å². The van der Waals surface area contributed by atoms with Gasteiger partial charge in [0.1, 0.15) is 6.07 Å². The smallest absolute Gasteiger partial charge is 0.340 e. The zero-order valence-electron chi connectivity index (χ0n) is 9.21. The van der Waals surface area contributed by atoms with E-state index in [1.165, 1.54) is 0 Å². The van der Waals surface area contributed by atoms with Crippen molar-refractivity contribution in [1.29, 1.82) is 5.26 Å². The van der Waals surface area contributed by atoms with Gasteiger partial charge in [0.25, 0.3) is 0 Å². The summed E-state index contributed by atoms with van der Waals surface area (Å²) in [6.07, 6.45) is 0.841. The van der Waals surface area contributed by atoms with Gasteiger partial charge in [0, 0.05) is 3.57 Å². The number of benzene rings is 1. The van der Waals surface area contributed by atoms with Crippen molar-refractivity contribution in [2.75, 3.05) is 6.61 Å². The van der Waals surface area contributed by atoms with Gasteiger partial charge in [-0.3, -0.25) is 0 Å². The number of nitrogens with zero attached hydrogens (tertiary/aromatic N) is 1. The SMILES string of the molecule is CCOC(=O)c1c(I)cc(CC)cc1C#N. The predicted molar refractivity (Wildman–Crippen MR) is 69.2 cm³/mol. The molecule has 0 spiro atoms. The maximum Gasteiger partial charge on any atom is 0.340 e. The first-order chi connectivity index (χ1) is 7.63. The third kappa shape index (κ3) is 2.73. The summed E-state index contributed by atoms with van der Waals surface area (Å²) in [5, 5.41) is 9.02. The van der Waals surface area contributed by atoms with E-state index in [1.807, 2.05) is 19.1 Å². The third-order valence-electron chi connectivity index (χ3n) is 2.16. The van der Waals surface area contributed by atoms with Crippen LogP contribution in [-0.4, -0.2) is 12.6 Å². The zero-order chi connectivity index (χ0) is 12.1. The number of halogens is 1. The Morgan fingerprint density at radius 2 is 2.19 bits per heavy atom. The van der Waals surface area contributed by atoms with E-state index >= 15 is 0 Å². The summed E-state index contributed by atoms with van der Waals surface area (Å²) in [5.41, 5.74) is 1.82. The molecule has 0 aromatic heterocycles. The molecule has 4 heteroatoms. The maximum absolute atomic E-state index is 11.7. The highest BCUT2D eigenvalue weighted by molar-refractivity contribution is 14.1. The van der Waals surface area contributed by atoms with Crippen LogP contribution in [0.3, 0.4) is 0 Å². The van der Waals surface area contributed by atoms with Crippen LogP contribution < -0.4 is 0 Å². The average molecular weight is 329 g/mol. The molecule has 0 heterocycles. The molecule has 0 aliphatic rings. The quantitative estimate of drug-likeness (QED) is 0.633. The fraction of sp³-hybridized carbons (Fsp3) is 0.333. The maximum atomic E-state index is 11.7. The molecule has 3 nitrogen and oxygen atoms in total. The number of ether oxygens (including phenoxy) is 1. The van der Waals surface area contributed by atoms with Crippen molar-refractivity contribution in [3.05, 3.63) is 32.4 Å². The van der Waals surface area contributed by atoms with Crippen molar-refractivity contribution >= 4 is 28.6 Å². The van der Waals surface area contributed by atoms with Gasteiger partial charge in [-0.15, -0.1) is 0 Å². The van der Waals surface area contributed by atoms with Crippen molar-refractivity contribution in [1.82, 2.24) is 0 Å². The Labute approximate surface area is 109 Å². The van der Waals surface area contributed by atoms with Gasteiger partial charge < -0.3 is 4.74 Å². The minimum Gasteiger partial charge on any atom is -0.462 e. The van der Waals surface area contributed by atoms with Gasteiger partial charge in [-0.2, -0.15) is 5.26 Å². The summed E-state index contributed by atoms with van der Waals surface area (Å²) in [6, 6.07) is 5.70. The highest BCUT2D eigenvalue weighted by Crippen LogP contribution is 2.20. The molecule has 0 N–H and O–H groups in total. The van der Waals surface area contributed by atoms with E-state index in [4.69, 9.17) is 10.00 Å². The van der Waals surface area contributed by atoms with E-state index < -0.39 is 5.97 Å². The number of carbonyl (C=O) groups is 1. The lowest BCUT2D eigenvalue weighted by Gasteiger charge is -2.08. The lowest BCUT2D eigenvalue weighted by Crippen LogP contribution is -2.10. The monoisotopic (exact) mass is 329 g/mol. The molecule has 84 valence electrons. The molecule has 0 radical (unpaired) electrons. The third-order valence-corrected chi connectivity index (χ3v) is 3.01. The Morgan fingerprint density at radius 3 is 2.69 bits per heavy atom. The summed E-state index contributed by atoms with van der Waals surface area (Å²) >= 11 is 2.06. The standard InChI is InChI=1S/C12H12INO2/c1-3-8-5-9(7-14)11(10(13)6-8)12(15)16-4-2/h5-6H,3-4H2,1-2H3. The van der Waals surface area contributed by atoms with Gasteiger partial charge in [-0.1, -0.05) is 6.92 Å². The number of hydrogen-bond acceptors (Lipinski definition) is 3. The molecule has 0 saturated carbocycles. The first-order valence-corrected chi connectivity index (χ1v) is 6.11. The molecule has 0 atom stereocenters. The Kier molecular flexibility index (Phi) is 4.74. The van der Waals surface area contributed by atoms with Crippen molar-refractivity contribution in [2.24, 2.45) is 0 Å². The highest BCUT2D eigenvalue weighted by atomic mass is 127. The number of esters is 1. The lowest BCUT2D eigenvalue weighted by molar-refractivity contribution is 0.0524. The fourth-order valence-electron chi connectivity index (χ4n) is 1.37. The van der Waals surface area contributed by atoms with Gasteiger partial charge >= 0.3 is 5.97 Å². The van der Waals surface area contributed by atoms with Crippen LogP contribution in [0.2, 0.25) is 0 Å². The summed E-state index contributed by atoms with van der Waals surface area (Å²) in [7, 11) is 0. The predicted octanol–water partition coefficient (Wildman–Crippen LogP) is 2.90. The molecule has 0 fully saturated rings. The number of nitriles is 1. The van der Waals surface area contributed by atoms with Crippen molar-refractivity contribution < 1.29 is 9.53 Å². The Morgan fingerprint density at radius 1 is 1.50 bits per heavy atom. The molecule has 1 aromatic rings. The summed E-state index contributed by atoms with van der Waals surface area (Å²) in [5.74, 6) is -0.425. The molecule has 0 bridgehead atoms. The van der Waals surface area contributed by atoms with Crippen LogP contribution in [0, 0.1) is 14.9 Å². The topological polar surface area (TPSA) is 50.1 Å². The number of hydrogen-bond donors (Lipinski definition) is 0. The van der Waals surface area contributed by atoms with E-state index in [0.717, 1.165) is 15.6 Å². The van der Waals surface area contributed by atoms with Gasteiger partial charge in [0.15, 0.2) is 0 Å². The molecule has 0 unspecified atom stereocenters. The van der Waals surface area contributed by atoms with Crippen molar-refractivity contribution in [2.45, 2.75) is 20.3 Å². The lowest BCUT2D eigenvalue weighted by atomic mass is 10.0. The second kappa shape index (κ2) is 5.85. The summed E-state index contributed by atoms with van der Waals surface area (Å²) in [4.78, 5) is 11.7. The van der Waals surface area contributed by atoms with Crippen LogP contribution in [0.5, 0.6) is 0 Å². The average Bonchev–Trinajstić information content (AvgIpc) is 2.27. The summed E-state index contributed by atoms with van der Waals surface area (Å²) in [6.45, 7) is 4.07. The molecule has 0 aliphatic heterocycles. The van der Waals surface area contributed by atoms with Crippen LogP contribution >= 0.6 is 22.6 Å². The normalized spacial score (nSPS) is 9.62. The van der Waals surface area contributed by atoms with E-state index in [9.17, 15) is 4.79 Å². The Bertz CT molecular complexity index is 449. The van der Waals surface area contributed by atoms with Gasteiger partial charge in [0.05, 0.1) is 17.7 Å². The molecule has 0 amide bonds. The molecule has 0 aliphatic carbocycles. The van der Waals surface area contributed by atoms with Crippen molar-refractivity contribution in [3.63, 3.8) is 0 Å². The van der Waals surface area contributed by atoms with Crippen LogP contribution in [0.1, 0.15) is 35.3 Å². The van der Waals surface area contributed by atoms with E-state index in [2.05, 4.69) is 22.6 Å². The van der Waals surface area contributed by atoms with Crippen LogP contribution in [0.15, 0.2) is 12.1 Å².